The molecule has 0 unspecified atom stereocenters. The Morgan fingerprint density at radius 2 is 2.08 bits per heavy atom. The molecule has 2 amide bonds. The van der Waals surface area contributed by atoms with Crippen LogP contribution in [-0.4, -0.2) is 67.8 Å². The Hall–Kier alpha value is -2.81. The summed E-state index contributed by atoms with van der Waals surface area (Å²) >= 11 is 0. The summed E-state index contributed by atoms with van der Waals surface area (Å²) in [5.41, 5.74) is 0.412. The predicted octanol–water partition coefficient (Wildman–Crippen LogP) is 0.734. The molecular formula is C17H22N2O7. The zero-order valence-electron chi connectivity index (χ0n) is 14.7. The smallest absolute Gasteiger partial charge is 0.305 e. The predicted molar refractivity (Wildman–Crippen MR) is 91.4 cm³/mol. The number of carboxylic acids is 1. The summed E-state index contributed by atoms with van der Waals surface area (Å²) in [7, 11) is 2.97. The van der Waals surface area contributed by atoms with E-state index in [9.17, 15) is 14.4 Å². The van der Waals surface area contributed by atoms with E-state index >= 15 is 0 Å². The van der Waals surface area contributed by atoms with Crippen LogP contribution in [-0.2, 0) is 19.1 Å². The van der Waals surface area contributed by atoms with Crippen molar-refractivity contribution in [2.45, 2.75) is 18.9 Å². The van der Waals surface area contributed by atoms with E-state index in [1.54, 1.807) is 18.2 Å². The van der Waals surface area contributed by atoms with Gasteiger partial charge in [0.1, 0.15) is 17.9 Å². The maximum Gasteiger partial charge on any atom is 0.305 e. The van der Waals surface area contributed by atoms with Gasteiger partial charge in [-0.3, -0.25) is 14.4 Å². The molecule has 9 nitrogen and oxygen atoms in total. The number of nitrogens with zero attached hydrogens (tertiary/aromatic N) is 1. The Labute approximate surface area is 150 Å². The van der Waals surface area contributed by atoms with Crippen molar-refractivity contribution in [1.29, 1.82) is 0 Å². The van der Waals surface area contributed by atoms with Crippen molar-refractivity contribution in [3.63, 3.8) is 0 Å². The Kier molecular flexibility index (Phi) is 6.79. The van der Waals surface area contributed by atoms with Gasteiger partial charge in [0, 0.05) is 12.6 Å². The number of hydrogen-bond acceptors (Lipinski definition) is 6. The van der Waals surface area contributed by atoms with E-state index in [-0.39, 0.29) is 19.6 Å². The summed E-state index contributed by atoms with van der Waals surface area (Å²) in [5.74, 6) is -1.00. The van der Waals surface area contributed by atoms with Crippen molar-refractivity contribution in [2.24, 2.45) is 0 Å². The number of hydrogen-bond donors (Lipinski definition) is 2. The second-order valence-electron chi connectivity index (χ2n) is 5.70. The van der Waals surface area contributed by atoms with Gasteiger partial charge in [0.05, 0.1) is 45.6 Å². The van der Waals surface area contributed by atoms with Crippen LogP contribution in [0, 0.1) is 0 Å². The standard InChI is InChI=1S/C17H22N2O7/c1-24-12-3-4-13(14(8-12)25-2)18-15(20)9-16(21)19-5-6-26-10-11(19)7-17(22)23/h3-4,8,11H,5-7,9-10H2,1-2H3,(H,18,20)(H,22,23)/t11-/m0/s1. The van der Waals surface area contributed by atoms with Crippen molar-refractivity contribution in [2.75, 3.05) is 39.3 Å². The molecule has 1 heterocycles. The van der Waals surface area contributed by atoms with Gasteiger partial charge in [-0.05, 0) is 12.1 Å². The topological polar surface area (TPSA) is 114 Å². The number of aliphatic carboxylic acids is 1. The molecule has 0 bridgehead atoms. The van der Waals surface area contributed by atoms with E-state index in [1.807, 2.05) is 0 Å². The minimum absolute atomic E-state index is 0.145. The van der Waals surface area contributed by atoms with Gasteiger partial charge in [-0.2, -0.15) is 0 Å². The molecule has 9 heteroatoms. The van der Waals surface area contributed by atoms with Crippen LogP contribution in [0.1, 0.15) is 12.8 Å². The largest absolute Gasteiger partial charge is 0.497 e. The number of benzene rings is 1. The van der Waals surface area contributed by atoms with Gasteiger partial charge >= 0.3 is 5.97 Å². The summed E-state index contributed by atoms with van der Waals surface area (Å²) in [4.78, 5) is 37.0. The van der Waals surface area contributed by atoms with Gasteiger partial charge in [-0.25, -0.2) is 0 Å². The number of nitrogens with one attached hydrogen (secondary N) is 1. The molecule has 26 heavy (non-hydrogen) atoms. The first kappa shape index (κ1) is 19.5. The molecule has 0 aromatic heterocycles. The van der Waals surface area contributed by atoms with E-state index in [1.165, 1.54) is 19.1 Å². The number of methoxy groups -OCH3 is 2. The number of anilines is 1. The third-order valence-electron chi connectivity index (χ3n) is 3.95. The van der Waals surface area contributed by atoms with Crippen molar-refractivity contribution in [3.8, 4) is 11.5 Å². The van der Waals surface area contributed by atoms with Crippen LogP contribution in [0.15, 0.2) is 18.2 Å². The Balaban J connectivity index is 2.00. The summed E-state index contributed by atoms with van der Waals surface area (Å²) in [5, 5.41) is 11.6. The van der Waals surface area contributed by atoms with Crippen molar-refractivity contribution in [3.05, 3.63) is 18.2 Å². The molecule has 2 N–H and O–H groups in total. The van der Waals surface area contributed by atoms with E-state index in [0.717, 1.165) is 0 Å². The highest BCUT2D eigenvalue weighted by Gasteiger charge is 2.30. The lowest BCUT2D eigenvalue weighted by atomic mass is 10.1. The lowest BCUT2D eigenvalue weighted by molar-refractivity contribution is -0.147. The van der Waals surface area contributed by atoms with Crippen molar-refractivity contribution in [1.82, 2.24) is 4.90 Å². The monoisotopic (exact) mass is 366 g/mol. The molecule has 1 saturated heterocycles. The first-order chi connectivity index (χ1) is 12.4. The molecule has 0 aliphatic carbocycles. The fourth-order valence-corrected chi connectivity index (χ4v) is 2.69. The number of carboxylic acid groups (broad SMARTS) is 1. The third kappa shape index (κ3) is 5.09. The lowest BCUT2D eigenvalue weighted by Gasteiger charge is -2.34. The summed E-state index contributed by atoms with van der Waals surface area (Å²) in [6, 6.07) is 4.31. The molecule has 1 aliphatic heterocycles. The maximum atomic E-state index is 12.4. The minimum Gasteiger partial charge on any atom is -0.497 e. The van der Waals surface area contributed by atoms with Crippen LogP contribution in [0.25, 0.3) is 0 Å². The van der Waals surface area contributed by atoms with E-state index < -0.39 is 30.2 Å². The van der Waals surface area contributed by atoms with Crippen LogP contribution in [0.3, 0.4) is 0 Å². The number of morpholine rings is 1. The second-order valence-corrected chi connectivity index (χ2v) is 5.70. The molecule has 0 radical (unpaired) electrons. The van der Waals surface area contributed by atoms with Crippen LogP contribution < -0.4 is 14.8 Å². The number of ether oxygens (including phenoxy) is 3. The van der Waals surface area contributed by atoms with Gasteiger partial charge in [-0.15, -0.1) is 0 Å². The minimum atomic E-state index is -1.02. The molecule has 1 fully saturated rings. The fourth-order valence-electron chi connectivity index (χ4n) is 2.69. The average Bonchev–Trinajstić information content (AvgIpc) is 2.61. The number of rotatable bonds is 7. The van der Waals surface area contributed by atoms with E-state index in [0.29, 0.717) is 23.8 Å². The zero-order chi connectivity index (χ0) is 19.1. The third-order valence-corrected chi connectivity index (χ3v) is 3.95. The number of amides is 2. The second kappa shape index (κ2) is 9.04. The van der Waals surface area contributed by atoms with Crippen LogP contribution in [0.2, 0.25) is 0 Å². The van der Waals surface area contributed by atoms with Crippen LogP contribution in [0.4, 0.5) is 5.69 Å². The van der Waals surface area contributed by atoms with E-state index in [4.69, 9.17) is 19.3 Å². The van der Waals surface area contributed by atoms with Crippen molar-refractivity contribution >= 4 is 23.5 Å². The molecule has 142 valence electrons. The average molecular weight is 366 g/mol. The highest BCUT2D eigenvalue weighted by atomic mass is 16.5. The molecular weight excluding hydrogens is 344 g/mol. The van der Waals surface area contributed by atoms with Crippen LogP contribution >= 0.6 is 0 Å². The summed E-state index contributed by atoms with van der Waals surface area (Å²) < 4.78 is 15.5. The molecule has 0 saturated carbocycles. The lowest BCUT2D eigenvalue weighted by Crippen LogP contribution is -2.50. The molecule has 1 aromatic carbocycles. The Morgan fingerprint density at radius 3 is 2.73 bits per heavy atom. The molecule has 1 aromatic rings. The summed E-state index contributed by atoms with van der Waals surface area (Å²) in [6.07, 6.45) is -0.620. The summed E-state index contributed by atoms with van der Waals surface area (Å²) in [6.45, 7) is 0.720. The Morgan fingerprint density at radius 1 is 1.31 bits per heavy atom. The van der Waals surface area contributed by atoms with E-state index in [2.05, 4.69) is 5.32 Å². The van der Waals surface area contributed by atoms with Gasteiger partial charge in [0.25, 0.3) is 0 Å². The zero-order valence-corrected chi connectivity index (χ0v) is 14.7. The number of carbonyl (C=O) groups excluding carboxylic acids is 2. The Bertz CT molecular complexity index is 677. The fraction of sp³-hybridized carbons (Fsp3) is 0.471. The maximum absolute atomic E-state index is 12.4. The quantitative estimate of drug-likeness (QED) is 0.684. The highest BCUT2D eigenvalue weighted by Crippen LogP contribution is 2.29. The van der Waals surface area contributed by atoms with Gasteiger partial charge in [0.2, 0.25) is 11.8 Å². The number of carbonyl (C=O) groups is 3. The normalized spacial score (nSPS) is 16.7. The SMILES string of the molecule is COc1ccc(NC(=O)CC(=O)N2CCOC[C@@H]2CC(=O)O)c(OC)c1. The van der Waals surface area contributed by atoms with Crippen LogP contribution in [0.5, 0.6) is 11.5 Å². The molecule has 1 atom stereocenters. The van der Waals surface area contributed by atoms with Gasteiger partial charge < -0.3 is 29.5 Å². The molecule has 0 spiro atoms. The first-order valence-electron chi connectivity index (χ1n) is 8.05. The first-order valence-corrected chi connectivity index (χ1v) is 8.05. The highest BCUT2D eigenvalue weighted by molar-refractivity contribution is 6.04. The van der Waals surface area contributed by atoms with Crippen molar-refractivity contribution < 1.29 is 33.7 Å². The van der Waals surface area contributed by atoms with Gasteiger partial charge in [0.15, 0.2) is 0 Å². The van der Waals surface area contributed by atoms with Gasteiger partial charge in [-0.1, -0.05) is 0 Å². The molecule has 2 rings (SSSR count). The molecule has 1 aliphatic rings.